The molecule has 0 spiro atoms. The summed E-state index contributed by atoms with van der Waals surface area (Å²) in [5, 5.41) is 3.46. The molecule has 134 valence electrons. The maximum Gasteiger partial charge on any atom is 0.119 e. The van der Waals surface area contributed by atoms with Crippen LogP contribution in [0, 0.1) is 0 Å². The highest BCUT2D eigenvalue weighted by molar-refractivity contribution is 5.47. The number of rotatable bonds is 8. The van der Waals surface area contributed by atoms with Gasteiger partial charge < -0.3 is 10.1 Å². The Morgan fingerprint density at radius 1 is 0.769 bits per heavy atom. The largest absolute Gasteiger partial charge is 0.493 e. The lowest BCUT2D eigenvalue weighted by atomic mass is 10.0. The molecule has 1 N–H and O–H groups in total. The Morgan fingerprint density at radius 2 is 1.46 bits per heavy atom. The summed E-state index contributed by atoms with van der Waals surface area (Å²) in [4.78, 5) is 0. The number of benzene rings is 3. The van der Waals surface area contributed by atoms with Gasteiger partial charge in [0.05, 0.1) is 6.61 Å². The molecule has 0 fully saturated rings. The molecule has 0 bridgehead atoms. The molecule has 3 aromatic rings. The van der Waals surface area contributed by atoms with Gasteiger partial charge in [0.2, 0.25) is 0 Å². The van der Waals surface area contributed by atoms with Gasteiger partial charge in [-0.2, -0.15) is 0 Å². The Hall–Kier alpha value is -2.74. The van der Waals surface area contributed by atoms with Crippen LogP contribution in [0.25, 0.3) is 0 Å². The van der Waals surface area contributed by atoms with Gasteiger partial charge in [0.15, 0.2) is 0 Å². The monoisotopic (exact) mass is 345 g/mol. The number of hydrogen-bond donors (Lipinski definition) is 1. The third-order valence-corrected chi connectivity index (χ3v) is 4.50. The number of ether oxygens (including phenoxy) is 1. The van der Waals surface area contributed by atoms with Crippen LogP contribution in [0.2, 0.25) is 0 Å². The maximum atomic E-state index is 5.84. The minimum Gasteiger partial charge on any atom is -0.493 e. The first-order chi connectivity index (χ1) is 12.7. The van der Waals surface area contributed by atoms with E-state index < -0.39 is 0 Å². The Balaban J connectivity index is 1.45. The minimum absolute atomic E-state index is 0.575. The van der Waals surface area contributed by atoms with E-state index in [0.717, 1.165) is 24.4 Å². The molecule has 0 aromatic heterocycles. The van der Waals surface area contributed by atoms with E-state index in [-0.39, 0.29) is 0 Å². The summed E-state index contributed by atoms with van der Waals surface area (Å²) in [6.07, 6.45) is 0.924. The molecule has 2 heteroatoms. The predicted molar refractivity (Wildman–Crippen MR) is 110 cm³/mol. The van der Waals surface area contributed by atoms with Crippen molar-refractivity contribution in [1.29, 1.82) is 0 Å². The Labute approximate surface area is 156 Å². The third kappa shape index (κ3) is 5.38. The van der Waals surface area contributed by atoms with E-state index in [9.17, 15) is 0 Å². The third-order valence-electron chi connectivity index (χ3n) is 4.50. The van der Waals surface area contributed by atoms with Gasteiger partial charge in [-0.1, -0.05) is 68.4 Å². The van der Waals surface area contributed by atoms with E-state index in [2.05, 4.69) is 79.8 Å². The molecule has 0 saturated carbocycles. The van der Waals surface area contributed by atoms with E-state index in [1.165, 1.54) is 16.7 Å². The Bertz CT molecular complexity index is 777. The molecule has 3 aromatic carbocycles. The van der Waals surface area contributed by atoms with E-state index in [1.807, 2.05) is 18.2 Å². The number of nitrogens with one attached hydrogen (secondary N) is 1. The second-order valence-corrected chi connectivity index (χ2v) is 6.86. The molecule has 0 heterocycles. The quantitative estimate of drug-likeness (QED) is 0.537. The lowest BCUT2D eigenvalue weighted by molar-refractivity contribution is 0.322. The second kappa shape index (κ2) is 9.10. The first-order valence-corrected chi connectivity index (χ1v) is 9.30. The lowest BCUT2D eigenvalue weighted by Crippen LogP contribution is -2.02. The van der Waals surface area contributed by atoms with Gasteiger partial charge in [-0.3, -0.25) is 0 Å². The zero-order valence-electron chi connectivity index (χ0n) is 15.6. The van der Waals surface area contributed by atoms with Crippen LogP contribution < -0.4 is 10.1 Å². The zero-order chi connectivity index (χ0) is 18.2. The normalized spacial score (nSPS) is 10.7. The summed E-state index contributed by atoms with van der Waals surface area (Å²) in [6.45, 7) is 5.96. The van der Waals surface area contributed by atoms with E-state index in [1.54, 1.807) is 0 Å². The molecule has 0 amide bonds. The molecule has 3 rings (SSSR count). The fraction of sp³-hybridized carbons (Fsp3) is 0.250. The van der Waals surface area contributed by atoms with Crippen molar-refractivity contribution in [2.24, 2.45) is 0 Å². The fourth-order valence-electron chi connectivity index (χ4n) is 2.82. The van der Waals surface area contributed by atoms with Gasteiger partial charge in [-0.25, -0.2) is 0 Å². The van der Waals surface area contributed by atoms with Crippen molar-refractivity contribution >= 4 is 5.69 Å². The average Bonchev–Trinajstić information content (AvgIpc) is 2.68. The molecule has 0 aliphatic carbocycles. The summed E-state index contributed by atoms with van der Waals surface area (Å²) in [5.41, 5.74) is 5.07. The standard InChI is InChI=1S/C24H27NO/c1-19(2)22-10-8-21(9-11-22)18-25-23-12-14-24(15-13-23)26-17-16-20-6-4-3-5-7-20/h3-15,19,25H,16-18H2,1-2H3. The molecule has 0 aliphatic rings. The number of anilines is 1. The SMILES string of the molecule is CC(C)c1ccc(CNc2ccc(OCCc3ccccc3)cc2)cc1. The van der Waals surface area contributed by atoms with Crippen LogP contribution in [0.15, 0.2) is 78.9 Å². The van der Waals surface area contributed by atoms with Gasteiger partial charge in [-0.15, -0.1) is 0 Å². The molecule has 0 radical (unpaired) electrons. The lowest BCUT2D eigenvalue weighted by Gasteiger charge is -2.10. The van der Waals surface area contributed by atoms with Crippen LogP contribution in [0.5, 0.6) is 5.75 Å². The number of hydrogen-bond acceptors (Lipinski definition) is 2. The van der Waals surface area contributed by atoms with Gasteiger partial charge in [0.25, 0.3) is 0 Å². The molecule has 2 nitrogen and oxygen atoms in total. The van der Waals surface area contributed by atoms with Gasteiger partial charge in [-0.05, 0) is 46.9 Å². The second-order valence-electron chi connectivity index (χ2n) is 6.86. The van der Waals surface area contributed by atoms with Crippen molar-refractivity contribution in [3.05, 3.63) is 95.6 Å². The smallest absolute Gasteiger partial charge is 0.119 e. The average molecular weight is 345 g/mol. The fourth-order valence-corrected chi connectivity index (χ4v) is 2.82. The summed E-state index contributed by atoms with van der Waals surface area (Å²) >= 11 is 0. The van der Waals surface area contributed by atoms with Crippen LogP contribution in [-0.2, 0) is 13.0 Å². The van der Waals surface area contributed by atoms with Gasteiger partial charge >= 0.3 is 0 Å². The first-order valence-electron chi connectivity index (χ1n) is 9.30. The molecule has 0 aliphatic heterocycles. The summed E-state index contributed by atoms with van der Waals surface area (Å²) in [7, 11) is 0. The predicted octanol–water partition coefficient (Wildman–Crippen LogP) is 6.04. The van der Waals surface area contributed by atoms with E-state index >= 15 is 0 Å². The topological polar surface area (TPSA) is 21.3 Å². The molecular weight excluding hydrogens is 318 g/mol. The van der Waals surface area contributed by atoms with E-state index in [0.29, 0.717) is 12.5 Å². The summed E-state index contributed by atoms with van der Waals surface area (Å²) in [5.74, 6) is 1.49. The van der Waals surface area contributed by atoms with Crippen LogP contribution >= 0.6 is 0 Å². The van der Waals surface area contributed by atoms with Crippen molar-refractivity contribution in [1.82, 2.24) is 0 Å². The van der Waals surface area contributed by atoms with Crippen molar-refractivity contribution < 1.29 is 4.74 Å². The van der Waals surface area contributed by atoms with Gasteiger partial charge in [0, 0.05) is 18.7 Å². The van der Waals surface area contributed by atoms with Crippen LogP contribution in [0.3, 0.4) is 0 Å². The Morgan fingerprint density at radius 3 is 2.12 bits per heavy atom. The highest BCUT2D eigenvalue weighted by Crippen LogP contribution is 2.18. The molecule has 0 unspecified atom stereocenters. The minimum atomic E-state index is 0.575. The van der Waals surface area contributed by atoms with Crippen molar-refractivity contribution in [2.75, 3.05) is 11.9 Å². The van der Waals surface area contributed by atoms with Gasteiger partial charge in [0.1, 0.15) is 5.75 Å². The summed E-state index contributed by atoms with van der Waals surface area (Å²) in [6, 6.07) is 27.4. The first kappa shape index (κ1) is 18.1. The van der Waals surface area contributed by atoms with Crippen LogP contribution in [0.1, 0.15) is 36.5 Å². The van der Waals surface area contributed by atoms with E-state index in [4.69, 9.17) is 4.74 Å². The van der Waals surface area contributed by atoms with Crippen molar-refractivity contribution in [3.63, 3.8) is 0 Å². The maximum absolute atomic E-state index is 5.84. The van der Waals surface area contributed by atoms with Crippen LogP contribution in [0.4, 0.5) is 5.69 Å². The molecule has 0 atom stereocenters. The van der Waals surface area contributed by atoms with Crippen molar-refractivity contribution in [2.45, 2.75) is 32.7 Å². The summed E-state index contributed by atoms with van der Waals surface area (Å²) < 4.78 is 5.84. The molecule has 26 heavy (non-hydrogen) atoms. The highest BCUT2D eigenvalue weighted by atomic mass is 16.5. The molecule has 0 saturated heterocycles. The highest BCUT2D eigenvalue weighted by Gasteiger charge is 2.00. The van der Waals surface area contributed by atoms with Crippen molar-refractivity contribution in [3.8, 4) is 5.75 Å². The zero-order valence-corrected chi connectivity index (χ0v) is 15.6. The van der Waals surface area contributed by atoms with Crippen LogP contribution in [-0.4, -0.2) is 6.61 Å². The molecular formula is C24H27NO. The Kier molecular flexibility index (Phi) is 6.32.